The smallest absolute Gasteiger partial charge is 0.0579 e. The van der Waals surface area contributed by atoms with Gasteiger partial charge in [-0.1, -0.05) is 12.1 Å². The maximum Gasteiger partial charge on any atom is 0.0579 e. The van der Waals surface area contributed by atoms with Crippen molar-refractivity contribution < 1.29 is 5.11 Å². The predicted octanol–water partition coefficient (Wildman–Crippen LogP) is 1.95. The monoisotopic (exact) mass is 246 g/mol. The van der Waals surface area contributed by atoms with E-state index in [-0.39, 0.29) is 6.10 Å². The Morgan fingerprint density at radius 3 is 2.56 bits per heavy atom. The molecule has 98 valence electrons. The molecule has 2 unspecified atom stereocenters. The van der Waals surface area contributed by atoms with Crippen molar-refractivity contribution in [2.45, 2.75) is 57.3 Å². The molecule has 0 aromatic heterocycles. The van der Waals surface area contributed by atoms with Crippen molar-refractivity contribution in [3.63, 3.8) is 0 Å². The molecule has 1 aromatic rings. The van der Waals surface area contributed by atoms with Crippen LogP contribution in [0.15, 0.2) is 18.2 Å². The van der Waals surface area contributed by atoms with Gasteiger partial charge < -0.3 is 15.7 Å². The number of aliphatic hydroxyl groups is 1. The van der Waals surface area contributed by atoms with E-state index in [1.54, 1.807) is 0 Å². The van der Waals surface area contributed by atoms with Crippen LogP contribution in [0.3, 0.4) is 0 Å². The van der Waals surface area contributed by atoms with Gasteiger partial charge in [0.1, 0.15) is 0 Å². The molecular formula is C15H22N2O. The number of hydrogen-bond donors (Lipinski definition) is 2. The van der Waals surface area contributed by atoms with Gasteiger partial charge in [0.15, 0.2) is 0 Å². The average Bonchev–Trinajstić information content (AvgIpc) is 2.61. The van der Waals surface area contributed by atoms with Crippen molar-refractivity contribution in [2.75, 3.05) is 4.90 Å². The SMILES string of the molecule is Cc1ccc(CN)c(N2C3CCC2CC(O)C3)c1. The summed E-state index contributed by atoms with van der Waals surface area (Å²) in [6, 6.07) is 7.55. The second-order valence-electron chi connectivity index (χ2n) is 5.75. The maximum absolute atomic E-state index is 9.88. The minimum absolute atomic E-state index is 0.107. The topological polar surface area (TPSA) is 49.5 Å². The summed E-state index contributed by atoms with van der Waals surface area (Å²) in [5.41, 5.74) is 9.69. The number of fused-ring (bicyclic) bond motifs is 2. The van der Waals surface area contributed by atoms with Gasteiger partial charge in [0.25, 0.3) is 0 Å². The molecule has 3 heteroatoms. The van der Waals surface area contributed by atoms with Crippen LogP contribution in [0.4, 0.5) is 5.69 Å². The predicted molar refractivity (Wildman–Crippen MR) is 73.6 cm³/mol. The zero-order chi connectivity index (χ0) is 12.7. The molecule has 3 rings (SSSR count). The van der Waals surface area contributed by atoms with E-state index in [0.717, 1.165) is 12.8 Å². The first-order valence-corrected chi connectivity index (χ1v) is 6.95. The Balaban J connectivity index is 1.98. The average molecular weight is 246 g/mol. The number of piperidine rings is 1. The van der Waals surface area contributed by atoms with E-state index in [0.29, 0.717) is 18.6 Å². The van der Waals surface area contributed by atoms with Gasteiger partial charge in [0.2, 0.25) is 0 Å². The lowest BCUT2D eigenvalue weighted by Gasteiger charge is -2.40. The van der Waals surface area contributed by atoms with E-state index in [4.69, 9.17) is 5.73 Å². The molecule has 3 nitrogen and oxygen atoms in total. The first-order valence-electron chi connectivity index (χ1n) is 6.95. The van der Waals surface area contributed by atoms with Crippen LogP contribution < -0.4 is 10.6 Å². The van der Waals surface area contributed by atoms with Gasteiger partial charge in [-0.2, -0.15) is 0 Å². The summed E-state index contributed by atoms with van der Waals surface area (Å²) in [4.78, 5) is 2.53. The summed E-state index contributed by atoms with van der Waals surface area (Å²) in [5.74, 6) is 0. The van der Waals surface area contributed by atoms with E-state index in [9.17, 15) is 5.11 Å². The third kappa shape index (κ3) is 1.91. The second kappa shape index (κ2) is 4.56. The van der Waals surface area contributed by atoms with Crippen LogP contribution in [0.2, 0.25) is 0 Å². The molecule has 0 amide bonds. The molecular weight excluding hydrogens is 224 g/mol. The van der Waals surface area contributed by atoms with Crippen LogP contribution in [0, 0.1) is 6.92 Å². The number of rotatable bonds is 2. The molecule has 1 aromatic carbocycles. The maximum atomic E-state index is 9.88. The molecule has 2 aliphatic heterocycles. The Kier molecular flexibility index (Phi) is 3.04. The largest absolute Gasteiger partial charge is 0.393 e. The first-order chi connectivity index (χ1) is 8.69. The summed E-state index contributed by atoms with van der Waals surface area (Å²) in [6.45, 7) is 2.72. The summed E-state index contributed by atoms with van der Waals surface area (Å²) in [5, 5.41) is 9.88. The molecule has 2 atom stereocenters. The van der Waals surface area contributed by atoms with Crippen molar-refractivity contribution in [2.24, 2.45) is 5.73 Å². The quantitative estimate of drug-likeness (QED) is 0.838. The third-order valence-electron chi connectivity index (χ3n) is 4.45. The van der Waals surface area contributed by atoms with Gasteiger partial charge in [0.05, 0.1) is 6.10 Å². The lowest BCUT2D eigenvalue weighted by Crippen LogP contribution is -2.45. The molecule has 3 N–H and O–H groups in total. The van der Waals surface area contributed by atoms with Gasteiger partial charge in [-0.15, -0.1) is 0 Å². The van der Waals surface area contributed by atoms with Crippen LogP contribution in [0.5, 0.6) is 0 Å². The third-order valence-corrected chi connectivity index (χ3v) is 4.45. The van der Waals surface area contributed by atoms with Crippen molar-refractivity contribution in [3.8, 4) is 0 Å². The number of anilines is 1. The number of hydrogen-bond acceptors (Lipinski definition) is 3. The Bertz CT molecular complexity index is 432. The zero-order valence-corrected chi connectivity index (χ0v) is 11.0. The van der Waals surface area contributed by atoms with Crippen LogP contribution in [0.1, 0.15) is 36.8 Å². The Hall–Kier alpha value is -1.06. The van der Waals surface area contributed by atoms with Gasteiger partial charge in [-0.25, -0.2) is 0 Å². The highest BCUT2D eigenvalue weighted by Gasteiger charge is 2.40. The zero-order valence-electron chi connectivity index (χ0n) is 11.0. The van der Waals surface area contributed by atoms with Crippen LogP contribution in [-0.2, 0) is 6.54 Å². The molecule has 2 saturated heterocycles. The minimum Gasteiger partial charge on any atom is -0.393 e. The number of aryl methyl sites for hydroxylation is 1. The normalized spacial score (nSPS) is 30.8. The van der Waals surface area contributed by atoms with Crippen molar-refractivity contribution in [3.05, 3.63) is 29.3 Å². The van der Waals surface area contributed by atoms with Crippen molar-refractivity contribution >= 4 is 5.69 Å². The standard InChI is InChI=1S/C15H22N2O/c1-10-2-3-11(9-16)15(6-10)17-12-4-5-13(17)8-14(18)7-12/h2-3,6,12-14,18H,4-5,7-9,16H2,1H3. The van der Waals surface area contributed by atoms with Crippen LogP contribution in [-0.4, -0.2) is 23.3 Å². The summed E-state index contributed by atoms with van der Waals surface area (Å²) < 4.78 is 0. The second-order valence-corrected chi connectivity index (χ2v) is 5.75. The van der Waals surface area contributed by atoms with Crippen LogP contribution >= 0.6 is 0 Å². The van der Waals surface area contributed by atoms with Crippen molar-refractivity contribution in [1.82, 2.24) is 0 Å². The van der Waals surface area contributed by atoms with E-state index in [2.05, 4.69) is 30.0 Å². The van der Waals surface area contributed by atoms with Gasteiger partial charge in [0, 0.05) is 24.3 Å². The van der Waals surface area contributed by atoms with Crippen LogP contribution in [0.25, 0.3) is 0 Å². The number of nitrogens with zero attached hydrogens (tertiary/aromatic N) is 1. The fraction of sp³-hybridized carbons (Fsp3) is 0.600. The molecule has 0 radical (unpaired) electrons. The molecule has 2 bridgehead atoms. The molecule has 2 heterocycles. The molecule has 18 heavy (non-hydrogen) atoms. The highest BCUT2D eigenvalue weighted by atomic mass is 16.3. The number of aliphatic hydroxyl groups excluding tert-OH is 1. The van der Waals surface area contributed by atoms with E-state index in [1.165, 1.54) is 29.7 Å². The van der Waals surface area contributed by atoms with Crippen molar-refractivity contribution in [1.29, 1.82) is 0 Å². The fourth-order valence-electron chi connectivity index (χ4n) is 3.63. The van der Waals surface area contributed by atoms with Gasteiger partial charge in [-0.05, 0) is 49.8 Å². The Morgan fingerprint density at radius 1 is 1.28 bits per heavy atom. The number of benzene rings is 1. The first kappa shape index (κ1) is 12.0. The summed E-state index contributed by atoms with van der Waals surface area (Å²) in [7, 11) is 0. The van der Waals surface area contributed by atoms with E-state index in [1.807, 2.05) is 0 Å². The Morgan fingerprint density at radius 2 is 1.94 bits per heavy atom. The van der Waals surface area contributed by atoms with E-state index < -0.39 is 0 Å². The molecule has 0 saturated carbocycles. The van der Waals surface area contributed by atoms with Gasteiger partial charge in [-0.3, -0.25) is 0 Å². The number of nitrogens with two attached hydrogens (primary N) is 1. The van der Waals surface area contributed by atoms with E-state index >= 15 is 0 Å². The van der Waals surface area contributed by atoms with Gasteiger partial charge >= 0.3 is 0 Å². The molecule has 0 spiro atoms. The highest BCUT2D eigenvalue weighted by Crippen LogP contribution is 2.40. The molecule has 2 fully saturated rings. The summed E-state index contributed by atoms with van der Waals surface area (Å²) >= 11 is 0. The molecule has 2 aliphatic rings. The molecule has 0 aliphatic carbocycles. The summed E-state index contributed by atoms with van der Waals surface area (Å²) in [6.07, 6.45) is 4.13. The Labute approximate surface area is 109 Å². The highest BCUT2D eigenvalue weighted by molar-refractivity contribution is 5.58. The lowest BCUT2D eigenvalue weighted by atomic mass is 9.97. The fourth-order valence-corrected chi connectivity index (χ4v) is 3.63. The minimum atomic E-state index is -0.107. The lowest BCUT2D eigenvalue weighted by molar-refractivity contribution is 0.126.